The van der Waals surface area contributed by atoms with Gasteiger partial charge in [0.25, 0.3) is 0 Å². The zero-order valence-electron chi connectivity index (χ0n) is 8.61. The van der Waals surface area contributed by atoms with E-state index in [0.29, 0.717) is 25.9 Å². The molecule has 2 aliphatic rings. The Kier molecular flexibility index (Phi) is 2.57. The molecule has 2 aliphatic heterocycles. The van der Waals surface area contributed by atoms with Crippen LogP contribution in [0.3, 0.4) is 0 Å². The number of aliphatic hydroxyl groups is 1. The SMILES string of the molecule is NC1(C2(O)CCOC2)CCS(=O)(=O)CC1. The Labute approximate surface area is 89.5 Å². The fraction of sp³-hybridized carbons (Fsp3) is 1.00. The van der Waals surface area contributed by atoms with Crippen molar-refractivity contribution in [3.8, 4) is 0 Å². The molecule has 5 nitrogen and oxygen atoms in total. The Morgan fingerprint density at radius 1 is 1.20 bits per heavy atom. The molecule has 0 aliphatic carbocycles. The van der Waals surface area contributed by atoms with Crippen LogP contribution in [0.1, 0.15) is 19.3 Å². The van der Waals surface area contributed by atoms with Gasteiger partial charge < -0.3 is 15.6 Å². The Hall–Kier alpha value is -0.170. The van der Waals surface area contributed by atoms with Crippen molar-refractivity contribution in [3.63, 3.8) is 0 Å². The average Bonchev–Trinajstić information content (AvgIpc) is 2.60. The summed E-state index contributed by atoms with van der Waals surface area (Å²) in [7, 11) is -2.94. The lowest BCUT2D eigenvalue weighted by Gasteiger charge is -2.43. The first kappa shape index (κ1) is 11.3. The van der Waals surface area contributed by atoms with Gasteiger partial charge in [0.15, 0.2) is 0 Å². The molecule has 0 aromatic rings. The van der Waals surface area contributed by atoms with Gasteiger partial charge in [-0.05, 0) is 12.8 Å². The van der Waals surface area contributed by atoms with E-state index >= 15 is 0 Å². The molecular formula is C9H17NO4S. The Morgan fingerprint density at radius 3 is 2.27 bits per heavy atom. The van der Waals surface area contributed by atoms with E-state index < -0.39 is 21.0 Å². The van der Waals surface area contributed by atoms with E-state index in [1.165, 1.54) is 0 Å². The molecule has 2 heterocycles. The summed E-state index contributed by atoms with van der Waals surface area (Å²) in [5.41, 5.74) is 4.29. The van der Waals surface area contributed by atoms with Gasteiger partial charge in [-0.25, -0.2) is 8.42 Å². The van der Waals surface area contributed by atoms with Crippen LogP contribution in [-0.4, -0.2) is 49.4 Å². The van der Waals surface area contributed by atoms with Crippen LogP contribution in [0.15, 0.2) is 0 Å². The van der Waals surface area contributed by atoms with Crippen LogP contribution < -0.4 is 5.73 Å². The lowest BCUT2D eigenvalue weighted by Crippen LogP contribution is -2.64. The van der Waals surface area contributed by atoms with Crippen molar-refractivity contribution in [2.75, 3.05) is 24.7 Å². The van der Waals surface area contributed by atoms with Gasteiger partial charge in [0.2, 0.25) is 0 Å². The molecule has 0 radical (unpaired) electrons. The van der Waals surface area contributed by atoms with Gasteiger partial charge in [-0.3, -0.25) is 0 Å². The molecule has 0 saturated carbocycles. The van der Waals surface area contributed by atoms with Crippen molar-refractivity contribution >= 4 is 9.84 Å². The molecule has 0 spiro atoms. The van der Waals surface area contributed by atoms with Crippen molar-refractivity contribution in [2.45, 2.75) is 30.4 Å². The third kappa shape index (κ3) is 1.91. The van der Waals surface area contributed by atoms with Crippen LogP contribution in [0.4, 0.5) is 0 Å². The first-order valence-corrected chi connectivity index (χ1v) is 6.99. The molecule has 0 aromatic carbocycles. The van der Waals surface area contributed by atoms with Crippen LogP contribution in [0.2, 0.25) is 0 Å². The summed E-state index contributed by atoms with van der Waals surface area (Å²) >= 11 is 0. The number of nitrogens with two attached hydrogens (primary N) is 1. The molecule has 3 N–H and O–H groups in total. The first-order chi connectivity index (χ1) is 6.87. The van der Waals surface area contributed by atoms with E-state index in [9.17, 15) is 13.5 Å². The van der Waals surface area contributed by atoms with Crippen LogP contribution in [0.25, 0.3) is 0 Å². The number of sulfone groups is 1. The van der Waals surface area contributed by atoms with Gasteiger partial charge in [-0.2, -0.15) is 0 Å². The summed E-state index contributed by atoms with van der Waals surface area (Å²) in [6.07, 6.45) is 1.16. The Morgan fingerprint density at radius 2 is 1.80 bits per heavy atom. The monoisotopic (exact) mass is 235 g/mol. The standard InChI is InChI=1S/C9H17NO4S/c10-8(9(11)1-4-14-7-9)2-5-15(12,13)6-3-8/h11H,1-7,10H2. The van der Waals surface area contributed by atoms with Gasteiger partial charge in [0, 0.05) is 18.6 Å². The normalized spacial score (nSPS) is 39.1. The van der Waals surface area contributed by atoms with Crippen LogP contribution in [0, 0.1) is 0 Å². The lowest BCUT2D eigenvalue weighted by atomic mass is 9.75. The van der Waals surface area contributed by atoms with Gasteiger partial charge in [-0.1, -0.05) is 0 Å². The molecule has 2 fully saturated rings. The lowest BCUT2D eigenvalue weighted by molar-refractivity contribution is -0.0449. The highest BCUT2D eigenvalue weighted by Gasteiger charge is 2.52. The molecule has 0 aromatic heterocycles. The summed E-state index contributed by atoms with van der Waals surface area (Å²) in [5.74, 6) is 0.150. The zero-order chi connectivity index (χ0) is 11.2. The summed E-state index contributed by atoms with van der Waals surface area (Å²) in [6, 6.07) is 0. The molecule has 88 valence electrons. The summed E-state index contributed by atoms with van der Waals surface area (Å²) in [4.78, 5) is 0. The zero-order valence-corrected chi connectivity index (χ0v) is 9.42. The van der Waals surface area contributed by atoms with E-state index in [4.69, 9.17) is 10.5 Å². The van der Waals surface area contributed by atoms with E-state index in [0.717, 1.165) is 0 Å². The molecule has 0 bridgehead atoms. The number of rotatable bonds is 1. The predicted molar refractivity (Wildman–Crippen MR) is 55.2 cm³/mol. The van der Waals surface area contributed by atoms with E-state index in [-0.39, 0.29) is 18.1 Å². The van der Waals surface area contributed by atoms with Gasteiger partial charge in [0.05, 0.1) is 18.1 Å². The van der Waals surface area contributed by atoms with E-state index in [1.807, 2.05) is 0 Å². The molecule has 6 heteroatoms. The minimum atomic E-state index is -2.94. The predicted octanol–water partition coefficient (Wildman–Crippen LogP) is -0.956. The second kappa shape index (κ2) is 3.41. The van der Waals surface area contributed by atoms with Crippen LogP contribution in [-0.2, 0) is 14.6 Å². The highest BCUT2D eigenvalue weighted by Crippen LogP contribution is 2.36. The maximum Gasteiger partial charge on any atom is 0.150 e. The van der Waals surface area contributed by atoms with Crippen molar-refractivity contribution in [3.05, 3.63) is 0 Å². The van der Waals surface area contributed by atoms with Gasteiger partial charge in [0.1, 0.15) is 15.4 Å². The van der Waals surface area contributed by atoms with Crippen LogP contribution >= 0.6 is 0 Å². The minimum Gasteiger partial charge on any atom is -0.385 e. The first-order valence-electron chi connectivity index (χ1n) is 5.16. The molecule has 2 saturated heterocycles. The Balaban J connectivity index is 2.15. The third-order valence-electron chi connectivity index (χ3n) is 3.65. The largest absolute Gasteiger partial charge is 0.385 e. The summed E-state index contributed by atoms with van der Waals surface area (Å²) in [5, 5.41) is 10.3. The highest BCUT2D eigenvalue weighted by atomic mass is 32.2. The van der Waals surface area contributed by atoms with Gasteiger partial charge >= 0.3 is 0 Å². The highest BCUT2D eigenvalue weighted by molar-refractivity contribution is 7.91. The van der Waals surface area contributed by atoms with Crippen molar-refractivity contribution in [2.24, 2.45) is 5.73 Å². The van der Waals surface area contributed by atoms with Crippen molar-refractivity contribution in [1.29, 1.82) is 0 Å². The summed E-state index contributed by atoms with van der Waals surface area (Å²) in [6.45, 7) is 0.728. The number of ether oxygens (including phenoxy) is 1. The fourth-order valence-corrected chi connectivity index (χ4v) is 3.87. The van der Waals surface area contributed by atoms with Crippen LogP contribution in [0.5, 0.6) is 0 Å². The molecule has 0 amide bonds. The molecule has 1 unspecified atom stereocenters. The molecule has 15 heavy (non-hydrogen) atoms. The van der Waals surface area contributed by atoms with Crippen molar-refractivity contribution in [1.82, 2.24) is 0 Å². The maximum atomic E-state index is 11.3. The number of hydrogen-bond acceptors (Lipinski definition) is 5. The Bertz CT molecular complexity index is 331. The summed E-state index contributed by atoms with van der Waals surface area (Å²) < 4.78 is 27.7. The quantitative estimate of drug-likeness (QED) is 0.611. The molecule has 1 atom stereocenters. The topological polar surface area (TPSA) is 89.6 Å². The van der Waals surface area contributed by atoms with Crippen molar-refractivity contribution < 1.29 is 18.3 Å². The van der Waals surface area contributed by atoms with E-state index in [1.54, 1.807) is 0 Å². The number of hydrogen-bond donors (Lipinski definition) is 2. The minimum absolute atomic E-state index is 0.0752. The molecule has 2 rings (SSSR count). The van der Waals surface area contributed by atoms with E-state index in [2.05, 4.69) is 0 Å². The maximum absolute atomic E-state index is 11.3. The smallest absolute Gasteiger partial charge is 0.150 e. The second-order valence-electron chi connectivity index (χ2n) is 4.64. The van der Waals surface area contributed by atoms with Gasteiger partial charge in [-0.15, -0.1) is 0 Å². The fourth-order valence-electron chi connectivity index (χ4n) is 2.31. The average molecular weight is 235 g/mol. The second-order valence-corrected chi connectivity index (χ2v) is 6.95. The third-order valence-corrected chi connectivity index (χ3v) is 5.30. The molecular weight excluding hydrogens is 218 g/mol.